The van der Waals surface area contributed by atoms with E-state index in [1.165, 1.54) is 6.21 Å². The number of benzene rings is 2. The average Bonchev–Trinajstić information content (AvgIpc) is 2.45. The third-order valence-corrected chi connectivity index (χ3v) is 2.59. The fourth-order valence-electron chi connectivity index (χ4n) is 1.63. The fraction of sp³-hybridized carbons (Fsp3) is 0.133. The van der Waals surface area contributed by atoms with E-state index in [9.17, 15) is 0 Å². The number of ether oxygens (including phenoxy) is 2. The zero-order valence-corrected chi connectivity index (χ0v) is 10.2. The second-order valence-corrected chi connectivity index (χ2v) is 3.83. The maximum atomic E-state index is 7.24. The summed E-state index contributed by atoms with van der Waals surface area (Å²) in [6.07, 6.45) is 1.29. The van der Waals surface area contributed by atoms with Gasteiger partial charge < -0.3 is 14.9 Å². The Balaban J connectivity index is 2.15. The molecule has 2 rings (SSSR count). The van der Waals surface area contributed by atoms with Crippen LogP contribution in [0.25, 0.3) is 0 Å². The standard InChI is InChI=1S/C15H15NO2/c1-17-14-8-7-13(10-16)9-15(14)18-11-12-5-3-2-4-6-12/h2-10,16H,11H2,1H3. The van der Waals surface area contributed by atoms with Gasteiger partial charge in [0.15, 0.2) is 11.5 Å². The summed E-state index contributed by atoms with van der Waals surface area (Å²) in [5.41, 5.74) is 1.89. The molecule has 2 aromatic rings. The van der Waals surface area contributed by atoms with E-state index in [-0.39, 0.29) is 0 Å². The van der Waals surface area contributed by atoms with Crippen molar-refractivity contribution in [3.8, 4) is 11.5 Å². The summed E-state index contributed by atoms with van der Waals surface area (Å²) < 4.78 is 11.0. The average molecular weight is 241 g/mol. The molecule has 0 radical (unpaired) electrons. The van der Waals surface area contributed by atoms with Gasteiger partial charge in [0.1, 0.15) is 6.61 Å². The predicted octanol–water partition coefficient (Wildman–Crippen LogP) is 3.27. The third-order valence-electron chi connectivity index (χ3n) is 2.59. The molecule has 0 aliphatic carbocycles. The SMILES string of the molecule is COc1ccc(C=N)cc1OCc1ccccc1. The van der Waals surface area contributed by atoms with Gasteiger partial charge >= 0.3 is 0 Å². The molecule has 18 heavy (non-hydrogen) atoms. The topological polar surface area (TPSA) is 42.3 Å². The van der Waals surface area contributed by atoms with Gasteiger partial charge in [0.2, 0.25) is 0 Å². The Morgan fingerprint density at radius 1 is 1.06 bits per heavy atom. The van der Waals surface area contributed by atoms with E-state index in [0.717, 1.165) is 11.1 Å². The van der Waals surface area contributed by atoms with E-state index >= 15 is 0 Å². The molecule has 0 aliphatic rings. The van der Waals surface area contributed by atoms with Crippen molar-refractivity contribution in [2.75, 3.05) is 7.11 Å². The van der Waals surface area contributed by atoms with E-state index in [0.29, 0.717) is 18.1 Å². The molecular formula is C15H15NO2. The van der Waals surface area contributed by atoms with Gasteiger partial charge in [0.05, 0.1) is 7.11 Å². The highest BCUT2D eigenvalue weighted by Gasteiger charge is 2.05. The molecule has 0 amide bonds. The van der Waals surface area contributed by atoms with Gasteiger partial charge in [-0.3, -0.25) is 0 Å². The fourth-order valence-corrected chi connectivity index (χ4v) is 1.63. The Bertz CT molecular complexity index is 523. The summed E-state index contributed by atoms with van der Waals surface area (Å²) in [7, 11) is 1.61. The highest BCUT2D eigenvalue weighted by atomic mass is 16.5. The Hall–Kier alpha value is -2.29. The molecule has 3 nitrogen and oxygen atoms in total. The summed E-state index contributed by atoms with van der Waals surface area (Å²) in [5.74, 6) is 1.33. The van der Waals surface area contributed by atoms with Crippen LogP contribution < -0.4 is 9.47 Å². The molecule has 92 valence electrons. The molecule has 3 heteroatoms. The highest BCUT2D eigenvalue weighted by molar-refractivity contribution is 5.78. The van der Waals surface area contributed by atoms with Crippen LogP contribution in [0.15, 0.2) is 48.5 Å². The predicted molar refractivity (Wildman–Crippen MR) is 71.7 cm³/mol. The lowest BCUT2D eigenvalue weighted by atomic mass is 10.2. The van der Waals surface area contributed by atoms with Crippen molar-refractivity contribution < 1.29 is 9.47 Å². The van der Waals surface area contributed by atoms with E-state index in [2.05, 4.69) is 0 Å². The second kappa shape index (κ2) is 5.87. The van der Waals surface area contributed by atoms with Crippen molar-refractivity contribution >= 4 is 6.21 Å². The van der Waals surface area contributed by atoms with Gasteiger partial charge in [-0.2, -0.15) is 0 Å². The Morgan fingerprint density at radius 2 is 1.83 bits per heavy atom. The Kier molecular flexibility index (Phi) is 3.97. The molecule has 0 aliphatic heterocycles. The van der Waals surface area contributed by atoms with Crippen LogP contribution in [-0.4, -0.2) is 13.3 Å². The van der Waals surface area contributed by atoms with E-state index < -0.39 is 0 Å². The van der Waals surface area contributed by atoms with Crippen LogP contribution in [-0.2, 0) is 6.61 Å². The summed E-state index contributed by atoms with van der Waals surface area (Å²) in [6.45, 7) is 0.485. The van der Waals surface area contributed by atoms with Crippen LogP contribution >= 0.6 is 0 Å². The first-order valence-corrected chi connectivity index (χ1v) is 5.68. The quantitative estimate of drug-likeness (QED) is 0.816. The smallest absolute Gasteiger partial charge is 0.162 e. The molecule has 0 unspecified atom stereocenters. The second-order valence-electron chi connectivity index (χ2n) is 3.83. The van der Waals surface area contributed by atoms with Gasteiger partial charge in [-0.1, -0.05) is 30.3 Å². The Labute approximate surface area is 106 Å². The van der Waals surface area contributed by atoms with E-state index in [4.69, 9.17) is 14.9 Å². The summed E-state index contributed by atoms with van der Waals surface area (Å²) in [5, 5.41) is 7.24. The number of hydrogen-bond donors (Lipinski definition) is 1. The summed E-state index contributed by atoms with van der Waals surface area (Å²) >= 11 is 0. The molecule has 0 atom stereocenters. The minimum atomic E-state index is 0.485. The third kappa shape index (κ3) is 2.88. The van der Waals surface area contributed by atoms with Gasteiger partial charge in [0.25, 0.3) is 0 Å². The van der Waals surface area contributed by atoms with E-state index in [1.54, 1.807) is 19.2 Å². The molecule has 0 saturated carbocycles. The molecule has 1 N–H and O–H groups in total. The molecule has 0 aromatic heterocycles. The van der Waals surface area contributed by atoms with Crippen LogP contribution in [0, 0.1) is 5.41 Å². The summed E-state index contributed by atoms with van der Waals surface area (Å²) in [6, 6.07) is 15.4. The van der Waals surface area contributed by atoms with Crippen LogP contribution in [0.1, 0.15) is 11.1 Å². The molecule has 2 aromatic carbocycles. The monoisotopic (exact) mass is 241 g/mol. The lowest BCUT2D eigenvalue weighted by Crippen LogP contribution is -1.98. The normalized spacial score (nSPS) is 9.83. The van der Waals surface area contributed by atoms with Crippen LogP contribution in [0.2, 0.25) is 0 Å². The van der Waals surface area contributed by atoms with Gasteiger partial charge in [-0.25, -0.2) is 0 Å². The molecular weight excluding hydrogens is 226 g/mol. The first-order chi connectivity index (χ1) is 8.83. The van der Waals surface area contributed by atoms with Crippen LogP contribution in [0.4, 0.5) is 0 Å². The van der Waals surface area contributed by atoms with Crippen LogP contribution in [0.5, 0.6) is 11.5 Å². The van der Waals surface area contributed by atoms with Crippen molar-refractivity contribution in [2.24, 2.45) is 0 Å². The van der Waals surface area contributed by atoms with Crippen molar-refractivity contribution in [1.82, 2.24) is 0 Å². The highest BCUT2D eigenvalue weighted by Crippen LogP contribution is 2.28. The van der Waals surface area contributed by atoms with Crippen molar-refractivity contribution in [1.29, 1.82) is 5.41 Å². The zero-order chi connectivity index (χ0) is 12.8. The van der Waals surface area contributed by atoms with Gasteiger partial charge in [-0.05, 0) is 29.3 Å². The number of methoxy groups -OCH3 is 1. The molecule has 0 saturated heterocycles. The number of hydrogen-bond acceptors (Lipinski definition) is 3. The Morgan fingerprint density at radius 3 is 2.50 bits per heavy atom. The largest absolute Gasteiger partial charge is 0.493 e. The number of rotatable bonds is 5. The lowest BCUT2D eigenvalue weighted by Gasteiger charge is -2.11. The van der Waals surface area contributed by atoms with Crippen molar-refractivity contribution in [3.63, 3.8) is 0 Å². The molecule has 0 fully saturated rings. The van der Waals surface area contributed by atoms with E-state index in [1.807, 2.05) is 36.4 Å². The van der Waals surface area contributed by atoms with Crippen molar-refractivity contribution in [3.05, 3.63) is 59.7 Å². The first kappa shape index (κ1) is 12.2. The minimum absolute atomic E-state index is 0.485. The maximum absolute atomic E-state index is 7.24. The maximum Gasteiger partial charge on any atom is 0.162 e. The van der Waals surface area contributed by atoms with Crippen LogP contribution in [0.3, 0.4) is 0 Å². The zero-order valence-electron chi connectivity index (χ0n) is 10.2. The molecule has 0 bridgehead atoms. The first-order valence-electron chi connectivity index (χ1n) is 5.68. The molecule has 0 spiro atoms. The minimum Gasteiger partial charge on any atom is -0.493 e. The van der Waals surface area contributed by atoms with Gasteiger partial charge in [0, 0.05) is 6.21 Å². The van der Waals surface area contributed by atoms with Gasteiger partial charge in [-0.15, -0.1) is 0 Å². The molecule has 0 heterocycles. The summed E-state index contributed by atoms with van der Waals surface area (Å²) in [4.78, 5) is 0. The van der Waals surface area contributed by atoms with Crippen molar-refractivity contribution in [2.45, 2.75) is 6.61 Å². The number of nitrogens with one attached hydrogen (secondary N) is 1. The lowest BCUT2D eigenvalue weighted by molar-refractivity contribution is 0.284.